The molecule has 0 aromatic carbocycles. The van der Waals surface area contributed by atoms with Crippen molar-refractivity contribution >= 4 is 28.5 Å². The van der Waals surface area contributed by atoms with Crippen molar-refractivity contribution in [1.29, 1.82) is 0 Å². The Morgan fingerprint density at radius 3 is 2.50 bits per heavy atom. The average molecular weight is 309 g/mol. The molecule has 14 heavy (non-hydrogen) atoms. The van der Waals surface area contributed by atoms with E-state index in [9.17, 15) is 4.79 Å². The molecule has 82 valence electrons. The number of amides is 1. The molecule has 0 aromatic rings. The summed E-state index contributed by atoms with van der Waals surface area (Å²) in [7, 11) is 0. The van der Waals surface area contributed by atoms with Gasteiger partial charge in [0.15, 0.2) is 0 Å². The zero-order valence-electron chi connectivity index (χ0n) is 9.29. The number of carbonyl (C=O) groups is 1. The third-order valence-electron chi connectivity index (χ3n) is 3.19. The molecule has 1 amide bonds. The van der Waals surface area contributed by atoms with Crippen LogP contribution in [-0.4, -0.2) is 27.8 Å². The zero-order chi connectivity index (χ0) is 10.7. The van der Waals surface area contributed by atoms with Crippen LogP contribution in [0, 0.1) is 11.8 Å². The third kappa shape index (κ3) is 3.11. The molecular formula is C11H20INO. The summed E-state index contributed by atoms with van der Waals surface area (Å²) in [6, 6.07) is 0. The fraction of sp³-hybridized carbons (Fsp3) is 0.909. The van der Waals surface area contributed by atoms with Gasteiger partial charge >= 0.3 is 0 Å². The lowest BCUT2D eigenvalue weighted by atomic mass is 9.94. The molecule has 1 aliphatic rings. The van der Waals surface area contributed by atoms with E-state index in [1.807, 2.05) is 4.90 Å². The molecule has 1 rings (SSSR count). The van der Waals surface area contributed by atoms with Crippen LogP contribution in [0.15, 0.2) is 0 Å². The summed E-state index contributed by atoms with van der Waals surface area (Å²) < 4.78 is 0.592. The molecule has 1 heterocycles. The number of hydrogen-bond acceptors (Lipinski definition) is 1. The summed E-state index contributed by atoms with van der Waals surface area (Å²) in [6.45, 7) is 8.70. The van der Waals surface area contributed by atoms with Gasteiger partial charge in [0.1, 0.15) is 0 Å². The number of likely N-dealkylation sites (tertiary alicyclic amines) is 1. The van der Waals surface area contributed by atoms with Crippen molar-refractivity contribution in [3.05, 3.63) is 0 Å². The number of halogens is 1. The second-order valence-electron chi connectivity index (χ2n) is 4.56. The number of hydrogen-bond donors (Lipinski definition) is 0. The van der Waals surface area contributed by atoms with E-state index in [-0.39, 0.29) is 0 Å². The highest BCUT2D eigenvalue weighted by molar-refractivity contribution is 14.1. The Hall–Kier alpha value is 0.200. The lowest BCUT2D eigenvalue weighted by Gasteiger charge is -2.26. The summed E-state index contributed by atoms with van der Waals surface area (Å²) in [5, 5.41) is 0. The van der Waals surface area contributed by atoms with Gasteiger partial charge in [-0.15, -0.1) is 0 Å². The third-order valence-corrected chi connectivity index (χ3v) is 4.72. The van der Waals surface area contributed by atoms with Crippen LogP contribution in [0.1, 0.15) is 33.6 Å². The standard InChI is InChI=1S/C11H20INO/c1-8(2)9(3)10(12)7-13-6-4-5-11(13)14/h8-10H,4-7H2,1-3H3. The van der Waals surface area contributed by atoms with Crippen LogP contribution in [0.5, 0.6) is 0 Å². The maximum atomic E-state index is 11.4. The normalized spacial score (nSPS) is 21.8. The molecular weight excluding hydrogens is 289 g/mol. The predicted octanol–water partition coefficient (Wildman–Crippen LogP) is 2.70. The molecule has 2 atom stereocenters. The van der Waals surface area contributed by atoms with Crippen molar-refractivity contribution in [1.82, 2.24) is 4.90 Å². The summed E-state index contributed by atoms with van der Waals surface area (Å²) in [4.78, 5) is 13.4. The van der Waals surface area contributed by atoms with Gasteiger partial charge in [0.05, 0.1) is 0 Å². The molecule has 0 saturated carbocycles. The van der Waals surface area contributed by atoms with Crippen LogP contribution in [0.25, 0.3) is 0 Å². The lowest BCUT2D eigenvalue weighted by Crippen LogP contribution is -2.34. The molecule has 2 unspecified atom stereocenters. The van der Waals surface area contributed by atoms with Gasteiger partial charge in [-0.2, -0.15) is 0 Å². The molecule has 0 spiro atoms. The first-order chi connectivity index (χ1) is 6.52. The SMILES string of the molecule is CC(C)C(C)C(I)CN1CCCC1=O. The van der Waals surface area contributed by atoms with Crippen LogP contribution >= 0.6 is 22.6 Å². The van der Waals surface area contributed by atoms with Gasteiger partial charge in [-0.25, -0.2) is 0 Å². The van der Waals surface area contributed by atoms with Crippen LogP contribution in [0.3, 0.4) is 0 Å². The van der Waals surface area contributed by atoms with E-state index in [1.165, 1.54) is 0 Å². The molecule has 2 nitrogen and oxygen atoms in total. The van der Waals surface area contributed by atoms with E-state index in [0.29, 0.717) is 21.7 Å². The van der Waals surface area contributed by atoms with E-state index in [4.69, 9.17) is 0 Å². The molecule has 0 radical (unpaired) electrons. The quantitative estimate of drug-likeness (QED) is 0.577. The van der Waals surface area contributed by atoms with Gasteiger partial charge in [-0.1, -0.05) is 43.4 Å². The van der Waals surface area contributed by atoms with Crippen molar-refractivity contribution in [2.45, 2.75) is 37.5 Å². The lowest BCUT2D eigenvalue weighted by molar-refractivity contribution is -0.127. The number of alkyl halides is 1. The van der Waals surface area contributed by atoms with Gasteiger partial charge in [-0.3, -0.25) is 4.79 Å². The predicted molar refractivity (Wildman–Crippen MR) is 67.6 cm³/mol. The Labute approximate surface area is 101 Å². The maximum Gasteiger partial charge on any atom is 0.222 e. The van der Waals surface area contributed by atoms with E-state index >= 15 is 0 Å². The molecule has 0 aliphatic carbocycles. The van der Waals surface area contributed by atoms with Crippen LogP contribution in [0.2, 0.25) is 0 Å². The second-order valence-corrected chi connectivity index (χ2v) is 6.16. The molecule has 3 heteroatoms. The van der Waals surface area contributed by atoms with Crippen LogP contribution in [0.4, 0.5) is 0 Å². The van der Waals surface area contributed by atoms with Crippen molar-refractivity contribution in [2.75, 3.05) is 13.1 Å². The Balaban J connectivity index is 2.39. The van der Waals surface area contributed by atoms with Gasteiger partial charge in [0, 0.05) is 23.4 Å². The first-order valence-electron chi connectivity index (χ1n) is 5.44. The summed E-state index contributed by atoms with van der Waals surface area (Å²) in [5.74, 6) is 1.74. The average Bonchev–Trinajstić information content (AvgIpc) is 2.50. The minimum atomic E-state index is 0.350. The Kier molecular flexibility index (Phi) is 4.67. The van der Waals surface area contributed by atoms with E-state index in [0.717, 1.165) is 25.9 Å². The topological polar surface area (TPSA) is 20.3 Å². The highest BCUT2D eigenvalue weighted by Crippen LogP contribution is 2.23. The first kappa shape index (κ1) is 12.3. The minimum absolute atomic E-state index is 0.350. The van der Waals surface area contributed by atoms with Gasteiger partial charge < -0.3 is 4.90 Å². The summed E-state index contributed by atoms with van der Waals surface area (Å²) in [6.07, 6.45) is 1.82. The Morgan fingerprint density at radius 1 is 1.43 bits per heavy atom. The van der Waals surface area contributed by atoms with E-state index < -0.39 is 0 Å². The highest BCUT2D eigenvalue weighted by atomic mass is 127. The molecule has 0 N–H and O–H groups in total. The first-order valence-corrected chi connectivity index (χ1v) is 6.68. The fourth-order valence-corrected chi connectivity index (χ4v) is 3.00. The molecule has 0 bridgehead atoms. The van der Waals surface area contributed by atoms with Crippen molar-refractivity contribution in [3.8, 4) is 0 Å². The van der Waals surface area contributed by atoms with Gasteiger partial charge in [0.2, 0.25) is 5.91 Å². The molecule has 0 aromatic heterocycles. The second kappa shape index (κ2) is 5.33. The number of nitrogens with zero attached hydrogens (tertiary/aromatic N) is 1. The number of rotatable bonds is 4. The van der Waals surface area contributed by atoms with Gasteiger partial charge in [0.25, 0.3) is 0 Å². The van der Waals surface area contributed by atoms with Crippen molar-refractivity contribution in [2.24, 2.45) is 11.8 Å². The summed E-state index contributed by atoms with van der Waals surface area (Å²) >= 11 is 2.49. The minimum Gasteiger partial charge on any atom is -0.342 e. The highest BCUT2D eigenvalue weighted by Gasteiger charge is 2.25. The molecule has 1 aliphatic heterocycles. The van der Waals surface area contributed by atoms with E-state index in [2.05, 4.69) is 43.4 Å². The van der Waals surface area contributed by atoms with Gasteiger partial charge in [-0.05, 0) is 18.3 Å². The van der Waals surface area contributed by atoms with Crippen molar-refractivity contribution in [3.63, 3.8) is 0 Å². The Morgan fingerprint density at radius 2 is 2.07 bits per heavy atom. The maximum absolute atomic E-state index is 11.4. The monoisotopic (exact) mass is 309 g/mol. The smallest absolute Gasteiger partial charge is 0.222 e. The fourth-order valence-electron chi connectivity index (χ4n) is 1.69. The Bertz CT molecular complexity index is 205. The van der Waals surface area contributed by atoms with Crippen molar-refractivity contribution < 1.29 is 4.79 Å². The van der Waals surface area contributed by atoms with Crippen LogP contribution < -0.4 is 0 Å². The molecule has 1 fully saturated rings. The number of carbonyl (C=O) groups excluding carboxylic acids is 1. The summed E-state index contributed by atoms with van der Waals surface area (Å²) in [5.41, 5.74) is 0. The molecule has 1 saturated heterocycles. The van der Waals surface area contributed by atoms with Crippen LogP contribution in [-0.2, 0) is 4.79 Å². The van der Waals surface area contributed by atoms with E-state index in [1.54, 1.807) is 0 Å². The largest absolute Gasteiger partial charge is 0.342 e. The zero-order valence-corrected chi connectivity index (χ0v) is 11.5.